The van der Waals surface area contributed by atoms with Gasteiger partial charge in [-0.3, -0.25) is 4.79 Å². The Kier molecular flexibility index (Phi) is 2.89. The van der Waals surface area contributed by atoms with Crippen LogP contribution in [0.1, 0.15) is 29.8 Å². The number of carbonyl (C=O) groups is 1. The molecule has 0 saturated carbocycles. The van der Waals surface area contributed by atoms with Gasteiger partial charge in [0.15, 0.2) is 15.8 Å². The molecule has 0 atom stereocenters. The summed E-state index contributed by atoms with van der Waals surface area (Å²) in [5.41, 5.74) is 10.7. The highest BCUT2D eigenvalue weighted by atomic mass is 32.2. The third-order valence-corrected chi connectivity index (χ3v) is 5.18. The van der Waals surface area contributed by atoms with Gasteiger partial charge in [0.25, 0.3) is 5.91 Å². The van der Waals surface area contributed by atoms with E-state index < -0.39 is 21.2 Å². The van der Waals surface area contributed by atoms with Gasteiger partial charge in [-0.25, -0.2) is 8.42 Å². The summed E-state index contributed by atoms with van der Waals surface area (Å²) in [6.45, 7) is 3.71. The molecule has 1 aliphatic rings. The van der Waals surface area contributed by atoms with Crippen LogP contribution in [-0.4, -0.2) is 26.0 Å². The topological polar surface area (TPSA) is 116 Å². The minimum Gasteiger partial charge on any atom is -0.370 e. The first-order valence-electron chi connectivity index (χ1n) is 5.65. The van der Waals surface area contributed by atoms with Crippen molar-refractivity contribution < 1.29 is 13.2 Å². The normalized spacial score (nSPS) is 18.6. The van der Waals surface area contributed by atoms with Gasteiger partial charge in [-0.1, -0.05) is 19.9 Å². The summed E-state index contributed by atoms with van der Waals surface area (Å²) in [4.78, 5) is 15.3. The standard InChI is InChI=1S/C12H15N3O3S/c1-12(2)6-19(17,18)9-5-7(3-4-8(9)12)10(16)15-11(13)14/h3-5H,6H2,1-2H3,(H4,13,14,15,16). The summed E-state index contributed by atoms with van der Waals surface area (Å²) in [6.07, 6.45) is 0. The molecule has 1 aromatic carbocycles. The van der Waals surface area contributed by atoms with Crippen LogP contribution in [0.2, 0.25) is 0 Å². The zero-order valence-electron chi connectivity index (χ0n) is 10.7. The maximum atomic E-state index is 12.1. The number of rotatable bonds is 1. The molecule has 0 aromatic heterocycles. The molecule has 0 fully saturated rings. The second-order valence-corrected chi connectivity index (χ2v) is 7.15. The molecule has 0 bridgehead atoms. The molecular formula is C12H15N3O3S. The Bertz CT molecular complexity index is 686. The number of benzene rings is 1. The number of nitrogens with zero attached hydrogens (tertiary/aromatic N) is 1. The van der Waals surface area contributed by atoms with Gasteiger partial charge < -0.3 is 11.5 Å². The van der Waals surface area contributed by atoms with E-state index in [4.69, 9.17) is 11.5 Å². The fourth-order valence-corrected chi connectivity index (χ4v) is 4.53. The fraction of sp³-hybridized carbons (Fsp3) is 0.333. The van der Waals surface area contributed by atoms with Crippen molar-refractivity contribution in [3.63, 3.8) is 0 Å². The average molecular weight is 281 g/mol. The number of hydrogen-bond donors (Lipinski definition) is 2. The number of fused-ring (bicyclic) bond motifs is 1. The van der Waals surface area contributed by atoms with E-state index in [1.165, 1.54) is 12.1 Å². The number of guanidine groups is 1. The minimum atomic E-state index is -3.36. The zero-order valence-corrected chi connectivity index (χ0v) is 11.5. The first-order chi connectivity index (χ1) is 8.63. The quantitative estimate of drug-likeness (QED) is 0.562. The van der Waals surface area contributed by atoms with Gasteiger partial charge in [0.1, 0.15) is 0 Å². The van der Waals surface area contributed by atoms with E-state index in [0.717, 1.165) is 0 Å². The summed E-state index contributed by atoms with van der Waals surface area (Å²) < 4.78 is 24.1. The van der Waals surface area contributed by atoms with E-state index in [1.54, 1.807) is 6.07 Å². The van der Waals surface area contributed by atoms with Crippen LogP contribution in [0.15, 0.2) is 28.1 Å². The van der Waals surface area contributed by atoms with Crippen molar-refractivity contribution in [2.75, 3.05) is 5.75 Å². The molecule has 0 unspecified atom stereocenters. The second-order valence-electron chi connectivity index (χ2n) is 5.20. The van der Waals surface area contributed by atoms with Crippen LogP contribution >= 0.6 is 0 Å². The number of nitrogens with two attached hydrogens (primary N) is 2. The molecule has 19 heavy (non-hydrogen) atoms. The molecule has 7 heteroatoms. The van der Waals surface area contributed by atoms with Crippen molar-refractivity contribution >= 4 is 21.7 Å². The first kappa shape index (κ1) is 13.5. The molecule has 1 amide bonds. The van der Waals surface area contributed by atoms with E-state index in [2.05, 4.69) is 4.99 Å². The van der Waals surface area contributed by atoms with Gasteiger partial charge in [-0.2, -0.15) is 4.99 Å². The molecule has 6 nitrogen and oxygen atoms in total. The fourth-order valence-electron chi connectivity index (χ4n) is 2.28. The summed E-state index contributed by atoms with van der Waals surface area (Å²) in [5, 5.41) is 0. The Hall–Kier alpha value is -1.89. The van der Waals surface area contributed by atoms with Crippen molar-refractivity contribution in [3.8, 4) is 0 Å². The maximum absolute atomic E-state index is 12.1. The average Bonchev–Trinajstić information content (AvgIpc) is 2.43. The lowest BCUT2D eigenvalue weighted by molar-refractivity contribution is 0.100. The zero-order chi connectivity index (χ0) is 14.4. The third-order valence-electron chi connectivity index (χ3n) is 3.07. The van der Waals surface area contributed by atoms with Crippen LogP contribution in [0.25, 0.3) is 0 Å². The number of amides is 1. The molecule has 0 radical (unpaired) electrons. The summed E-state index contributed by atoms with van der Waals surface area (Å²) in [7, 11) is -3.36. The van der Waals surface area contributed by atoms with Crippen molar-refractivity contribution in [2.45, 2.75) is 24.2 Å². The van der Waals surface area contributed by atoms with Crippen LogP contribution in [0.4, 0.5) is 0 Å². The van der Waals surface area contributed by atoms with Gasteiger partial charge in [0.05, 0.1) is 10.6 Å². The van der Waals surface area contributed by atoms with Crippen LogP contribution in [0.3, 0.4) is 0 Å². The summed E-state index contributed by atoms with van der Waals surface area (Å²) in [6, 6.07) is 4.53. The molecular weight excluding hydrogens is 266 g/mol. The van der Waals surface area contributed by atoms with Crippen LogP contribution < -0.4 is 11.5 Å². The Morgan fingerprint density at radius 2 is 1.95 bits per heavy atom. The van der Waals surface area contributed by atoms with Gasteiger partial charge in [-0.15, -0.1) is 0 Å². The molecule has 1 aliphatic heterocycles. The molecule has 102 valence electrons. The first-order valence-corrected chi connectivity index (χ1v) is 7.30. The van der Waals surface area contributed by atoms with Crippen molar-refractivity contribution in [1.82, 2.24) is 0 Å². The largest absolute Gasteiger partial charge is 0.370 e. The number of sulfone groups is 1. The Morgan fingerprint density at radius 3 is 2.53 bits per heavy atom. The Labute approximate surface area is 111 Å². The van der Waals surface area contributed by atoms with E-state index in [0.29, 0.717) is 5.56 Å². The molecule has 2 rings (SSSR count). The van der Waals surface area contributed by atoms with E-state index in [-0.39, 0.29) is 22.2 Å². The van der Waals surface area contributed by atoms with Gasteiger partial charge >= 0.3 is 0 Å². The number of hydrogen-bond acceptors (Lipinski definition) is 3. The third kappa shape index (κ3) is 2.33. The van der Waals surface area contributed by atoms with Gasteiger partial charge in [0, 0.05) is 11.0 Å². The lowest BCUT2D eigenvalue weighted by Crippen LogP contribution is -2.24. The summed E-state index contributed by atoms with van der Waals surface area (Å²) in [5.74, 6) is -0.966. The van der Waals surface area contributed by atoms with Crippen LogP contribution in [0, 0.1) is 0 Å². The molecule has 0 aliphatic carbocycles. The molecule has 1 heterocycles. The summed E-state index contributed by atoms with van der Waals surface area (Å²) >= 11 is 0. The number of carbonyl (C=O) groups excluding carboxylic acids is 1. The molecule has 1 aromatic rings. The van der Waals surface area contributed by atoms with Crippen LogP contribution in [-0.2, 0) is 15.3 Å². The highest BCUT2D eigenvalue weighted by Crippen LogP contribution is 2.39. The van der Waals surface area contributed by atoms with E-state index in [1.807, 2.05) is 13.8 Å². The van der Waals surface area contributed by atoms with Crippen molar-refractivity contribution in [1.29, 1.82) is 0 Å². The molecule has 4 N–H and O–H groups in total. The van der Waals surface area contributed by atoms with Crippen molar-refractivity contribution in [2.24, 2.45) is 16.5 Å². The number of aliphatic imine (C=N–C) groups is 1. The minimum absolute atomic E-state index is 0.0370. The van der Waals surface area contributed by atoms with Gasteiger partial charge in [-0.05, 0) is 17.7 Å². The van der Waals surface area contributed by atoms with E-state index in [9.17, 15) is 13.2 Å². The lowest BCUT2D eigenvalue weighted by atomic mass is 9.87. The Balaban J connectivity index is 2.58. The Morgan fingerprint density at radius 1 is 1.32 bits per heavy atom. The molecule has 0 saturated heterocycles. The second kappa shape index (κ2) is 4.06. The highest BCUT2D eigenvalue weighted by Gasteiger charge is 2.40. The highest BCUT2D eigenvalue weighted by molar-refractivity contribution is 7.91. The molecule has 0 spiro atoms. The smallest absolute Gasteiger partial charge is 0.280 e. The van der Waals surface area contributed by atoms with E-state index >= 15 is 0 Å². The predicted molar refractivity (Wildman–Crippen MR) is 71.7 cm³/mol. The van der Waals surface area contributed by atoms with Crippen LogP contribution in [0.5, 0.6) is 0 Å². The maximum Gasteiger partial charge on any atom is 0.280 e. The van der Waals surface area contributed by atoms with Crippen molar-refractivity contribution in [3.05, 3.63) is 29.3 Å². The predicted octanol–water partition coefficient (Wildman–Crippen LogP) is 0.165. The monoisotopic (exact) mass is 281 g/mol. The van der Waals surface area contributed by atoms with Gasteiger partial charge in [0.2, 0.25) is 0 Å². The lowest BCUT2D eigenvalue weighted by Gasteiger charge is -2.16. The SMILES string of the molecule is CC1(C)CS(=O)(=O)c2cc(C(=O)N=C(N)N)ccc21.